The van der Waals surface area contributed by atoms with Crippen molar-refractivity contribution in [1.29, 1.82) is 0 Å². The molecule has 0 spiro atoms. The van der Waals surface area contributed by atoms with E-state index in [1.54, 1.807) is 0 Å². The van der Waals surface area contributed by atoms with Gasteiger partial charge in [-0.05, 0) is 0 Å². The number of carbonyl (C=O) groups excluding carboxylic acids is 1. The molecule has 0 aromatic carbocycles. The SMILES string of the molecule is O=C(O/C=C/Cl)O/C=C/Cl. The molecule has 0 aromatic heterocycles. The van der Waals surface area contributed by atoms with Crippen LogP contribution in [0, 0.1) is 0 Å². The van der Waals surface area contributed by atoms with Gasteiger partial charge in [0.2, 0.25) is 0 Å². The average Bonchev–Trinajstić information content (AvgIpc) is 1.97. The van der Waals surface area contributed by atoms with E-state index in [0.717, 1.165) is 23.6 Å². The van der Waals surface area contributed by atoms with Crippen molar-refractivity contribution in [3.63, 3.8) is 0 Å². The maximum atomic E-state index is 10.3. The van der Waals surface area contributed by atoms with Crippen LogP contribution >= 0.6 is 23.2 Å². The summed E-state index contributed by atoms with van der Waals surface area (Å²) in [4.78, 5) is 10.3. The minimum Gasteiger partial charge on any atom is -0.402 e. The zero-order chi connectivity index (χ0) is 7.82. The second kappa shape index (κ2) is 6.45. The molecular weight excluding hydrogens is 179 g/mol. The standard InChI is InChI=1S/C5H4Cl2O3/c6-1-3-9-5(8)10-4-2-7/h1-4H/b3-1+,4-2+. The van der Waals surface area contributed by atoms with Gasteiger partial charge in [-0.2, -0.15) is 0 Å². The lowest BCUT2D eigenvalue weighted by molar-refractivity contribution is 0.120. The van der Waals surface area contributed by atoms with E-state index in [1.807, 2.05) is 0 Å². The van der Waals surface area contributed by atoms with Gasteiger partial charge >= 0.3 is 6.16 Å². The normalized spacial score (nSPS) is 10.6. The van der Waals surface area contributed by atoms with E-state index >= 15 is 0 Å². The Morgan fingerprint density at radius 1 is 1.10 bits per heavy atom. The molecule has 0 radical (unpaired) electrons. The summed E-state index contributed by atoms with van der Waals surface area (Å²) in [5, 5.41) is 0. The molecule has 5 heteroatoms. The van der Waals surface area contributed by atoms with Gasteiger partial charge in [0.1, 0.15) is 12.5 Å². The van der Waals surface area contributed by atoms with Crippen molar-refractivity contribution in [3.05, 3.63) is 23.6 Å². The van der Waals surface area contributed by atoms with Crippen LogP contribution in [0.4, 0.5) is 4.79 Å². The summed E-state index contributed by atoms with van der Waals surface area (Å²) in [6, 6.07) is 0. The van der Waals surface area contributed by atoms with Crippen LogP contribution in [0.2, 0.25) is 0 Å². The monoisotopic (exact) mass is 182 g/mol. The first-order valence-electron chi connectivity index (χ1n) is 2.19. The van der Waals surface area contributed by atoms with Crippen molar-refractivity contribution in [2.75, 3.05) is 0 Å². The molecule has 3 nitrogen and oxygen atoms in total. The van der Waals surface area contributed by atoms with Gasteiger partial charge in [-0.25, -0.2) is 4.79 Å². The molecule has 0 bridgehead atoms. The minimum atomic E-state index is -0.895. The van der Waals surface area contributed by atoms with Gasteiger partial charge in [0.15, 0.2) is 0 Å². The fourth-order valence-electron chi connectivity index (χ4n) is 0.190. The molecule has 0 rings (SSSR count). The van der Waals surface area contributed by atoms with Crippen LogP contribution in [0.25, 0.3) is 0 Å². The number of carbonyl (C=O) groups is 1. The van der Waals surface area contributed by atoms with Crippen molar-refractivity contribution in [1.82, 2.24) is 0 Å². The molecule has 0 amide bonds. The third-order valence-corrected chi connectivity index (χ3v) is 0.637. The minimum absolute atomic E-state index is 0.895. The van der Waals surface area contributed by atoms with Crippen molar-refractivity contribution >= 4 is 29.4 Å². The average molecular weight is 183 g/mol. The first kappa shape index (κ1) is 9.33. The van der Waals surface area contributed by atoms with E-state index in [1.165, 1.54) is 0 Å². The Labute approximate surface area is 67.8 Å². The Bertz CT molecular complexity index is 137. The van der Waals surface area contributed by atoms with E-state index in [9.17, 15) is 4.79 Å². The molecule has 0 saturated heterocycles. The third-order valence-electron chi connectivity index (χ3n) is 0.431. The number of rotatable bonds is 2. The highest BCUT2D eigenvalue weighted by atomic mass is 35.5. The molecule has 0 aromatic rings. The molecule has 0 unspecified atom stereocenters. The summed E-state index contributed by atoms with van der Waals surface area (Å²) in [7, 11) is 0. The highest BCUT2D eigenvalue weighted by Crippen LogP contribution is 1.89. The number of hydrogen-bond acceptors (Lipinski definition) is 3. The topological polar surface area (TPSA) is 35.5 Å². The van der Waals surface area contributed by atoms with Crippen LogP contribution in [0.5, 0.6) is 0 Å². The first-order valence-corrected chi connectivity index (χ1v) is 3.06. The summed E-state index contributed by atoms with van der Waals surface area (Å²) < 4.78 is 8.42. The number of hydrogen-bond donors (Lipinski definition) is 0. The molecule has 0 saturated carbocycles. The molecule has 0 aliphatic heterocycles. The quantitative estimate of drug-likeness (QED) is 0.487. The molecule has 0 N–H and O–H groups in total. The van der Waals surface area contributed by atoms with Crippen molar-refractivity contribution in [3.8, 4) is 0 Å². The van der Waals surface area contributed by atoms with Gasteiger partial charge in [-0.3, -0.25) is 0 Å². The predicted molar refractivity (Wildman–Crippen MR) is 37.6 cm³/mol. The molecule has 0 aliphatic carbocycles. The second-order valence-corrected chi connectivity index (χ2v) is 1.51. The summed E-state index contributed by atoms with van der Waals surface area (Å²) in [6.45, 7) is 0. The molecule has 10 heavy (non-hydrogen) atoms. The van der Waals surface area contributed by atoms with E-state index in [-0.39, 0.29) is 0 Å². The predicted octanol–water partition coefficient (Wildman–Crippen LogP) is 2.56. The van der Waals surface area contributed by atoms with Gasteiger partial charge < -0.3 is 9.47 Å². The Morgan fingerprint density at radius 3 is 1.80 bits per heavy atom. The summed E-state index contributed by atoms with van der Waals surface area (Å²) in [6.07, 6.45) is 1.06. The zero-order valence-corrected chi connectivity index (χ0v) is 6.30. The van der Waals surface area contributed by atoms with Crippen LogP contribution in [0.3, 0.4) is 0 Å². The lowest BCUT2D eigenvalue weighted by Crippen LogP contribution is -1.96. The summed E-state index contributed by atoms with van der Waals surface area (Å²) in [5.41, 5.74) is 2.07. The highest BCUT2D eigenvalue weighted by molar-refractivity contribution is 6.25. The summed E-state index contributed by atoms with van der Waals surface area (Å²) >= 11 is 10.0. The van der Waals surface area contributed by atoms with Gasteiger partial charge in [0, 0.05) is 11.1 Å². The van der Waals surface area contributed by atoms with Crippen molar-refractivity contribution in [2.45, 2.75) is 0 Å². The highest BCUT2D eigenvalue weighted by Gasteiger charge is 1.95. The van der Waals surface area contributed by atoms with Gasteiger partial charge in [0.25, 0.3) is 0 Å². The van der Waals surface area contributed by atoms with Gasteiger partial charge in [0.05, 0.1) is 0 Å². The Kier molecular flexibility index (Phi) is 6.02. The van der Waals surface area contributed by atoms with Crippen molar-refractivity contribution < 1.29 is 14.3 Å². The van der Waals surface area contributed by atoms with Crippen LogP contribution in [-0.2, 0) is 9.47 Å². The molecule has 56 valence electrons. The van der Waals surface area contributed by atoms with Gasteiger partial charge in [-0.15, -0.1) is 0 Å². The largest absolute Gasteiger partial charge is 0.518 e. The molecule has 0 aliphatic rings. The van der Waals surface area contributed by atoms with Crippen molar-refractivity contribution in [2.24, 2.45) is 0 Å². The van der Waals surface area contributed by atoms with E-state index in [0.29, 0.717) is 0 Å². The first-order chi connectivity index (χ1) is 4.81. The summed E-state index contributed by atoms with van der Waals surface area (Å²) in [5.74, 6) is 0. The maximum Gasteiger partial charge on any atom is 0.518 e. The van der Waals surface area contributed by atoms with Gasteiger partial charge in [-0.1, -0.05) is 23.2 Å². The van der Waals surface area contributed by atoms with Crippen LogP contribution in [-0.4, -0.2) is 6.16 Å². The van der Waals surface area contributed by atoms with Crippen LogP contribution in [0.1, 0.15) is 0 Å². The number of ether oxygens (including phenoxy) is 2. The zero-order valence-electron chi connectivity index (χ0n) is 4.79. The molecule has 0 heterocycles. The molecule has 0 fully saturated rings. The lowest BCUT2D eigenvalue weighted by Gasteiger charge is -1.92. The van der Waals surface area contributed by atoms with E-state index in [4.69, 9.17) is 23.2 Å². The van der Waals surface area contributed by atoms with Crippen LogP contribution < -0.4 is 0 Å². The molecule has 0 atom stereocenters. The smallest absolute Gasteiger partial charge is 0.402 e. The van der Waals surface area contributed by atoms with E-state index in [2.05, 4.69) is 9.47 Å². The Morgan fingerprint density at radius 2 is 1.50 bits per heavy atom. The number of halogens is 2. The maximum absolute atomic E-state index is 10.3. The fraction of sp³-hybridized carbons (Fsp3) is 0. The van der Waals surface area contributed by atoms with Crippen LogP contribution in [0.15, 0.2) is 23.6 Å². The second-order valence-electron chi connectivity index (χ2n) is 1.01. The Balaban J connectivity index is 3.44. The Hall–Kier alpha value is -0.670. The lowest BCUT2D eigenvalue weighted by atomic mass is 11.1. The fourth-order valence-corrected chi connectivity index (χ4v) is 0.293. The van der Waals surface area contributed by atoms with E-state index < -0.39 is 6.16 Å². The third kappa shape index (κ3) is 5.47. The molecular formula is C5H4Cl2O3.